The number of nitrogens with one attached hydrogen (secondary N) is 1. The van der Waals surface area contributed by atoms with Gasteiger partial charge in [-0.25, -0.2) is 0 Å². The van der Waals surface area contributed by atoms with Crippen LogP contribution in [0.15, 0.2) is 41.8 Å². The summed E-state index contributed by atoms with van der Waals surface area (Å²) >= 11 is 1.80. The fourth-order valence-corrected chi connectivity index (χ4v) is 2.91. The van der Waals surface area contributed by atoms with Crippen LogP contribution in [0.25, 0.3) is 0 Å². The van der Waals surface area contributed by atoms with Crippen molar-refractivity contribution in [1.82, 2.24) is 5.32 Å². The van der Waals surface area contributed by atoms with Crippen LogP contribution in [0.4, 0.5) is 0 Å². The van der Waals surface area contributed by atoms with Crippen molar-refractivity contribution in [2.24, 2.45) is 0 Å². The standard InChI is InChI=1S/C15H19NOS/c1-11(10-15-4-3-9-18-15)16-12(2)13-5-7-14(17)8-6-13/h3-9,11-12,16-17H,10H2,1-2H3. The van der Waals surface area contributed by atoms with Crippen molar-refractivity contribution < 1.29 is 5.11 Å². The van der Waals surface area contributed by atoms with E-state index in [1.54, 1.807) is 23.5 Å². The summed E-state index contributed by atoms with van der Waals surface area (Å²) in [6, 6.07) is 12.4. The second kappa shape index (κ2) is 6.03. The third kappa shape index (κ3) is 3.59. The molecule has 0 aliphatic rings. The number of hydrogen-bond acceptors (Lipinski definition) is 3. The summed E-state index contributed by atoms with van der Waals surface area (Å²) in [5, 5.41) is 15.0. The van der Waals surface area contributed by atoms with E-state index < -0.39 is 0 Å². The van der Waals surface area contributed by atoms with Gasteiger partial charge in [0, 0.05) is 17.0 Å². The first-order valence-corrected chi connectivity index (χ1v) is 7.10. The highest BCUT2D eigenvalue weighted by molar-refractivity contribution is 7.09. The smallest absolute Gasteiger partial charge is 0.115 e. The topological polar surface area (TPSA) is 32.3 Å². The Hall–Kier alpha value is -1.32. The maximum Gasteiger partial charge on any atom is 0.115 e. The van der Waals surface area contributed by atoms with E-state index in [1.165, 1.54) is 10.4 Å². The SMILES string of the molecule is CC(Cc1cccs1)NC(C)c1ccc(O)cc1. The Morgan fingerprint density at radius 2 is 1.89 bits per heavy atom. The highest BCUT2D eigenvalue weighted by Crippen LogP contribution is 2.18. The van der Waals surface area contributed by atoms with Gasteiger partial charge in [0.05, 0.1) is 0 Å². The summed E-state index contributed by atoms with van der Waals surface area (Å²) in [6.45, 7) is 4.36. The summed E-state index contributed by atoms with van der Waals surface area (Å²) in [6.07, 6.45) is 1.06. The van der Waals surface area contributed by atoms with Gasteiger partial charge < -0.3 is 10.4 Å². The molecular weight excluding hydrogens is 242 g/mol. The molecule has 0 radical (unpaired) electrons. The Labute approximate surface area is 112 Å². The Morgan fingerprint density at radius 3 is 2.50 bits per heavy atom. The van der Waals surface area contributed by atoms with Crippen LogP contribution in [0.5, 0.6) is 5.75 Å². The average Bonchev–Trinajstić information content (AvgIpc) is 2.82. The van der Waals surface area contributed by atoms with Crippen molar-refractivity contribution >= 4 is 11.3 Å². The molecule has 2 atom stereocenters. The monoisotopic (exact) mass is 261 g/mol. The molecule has 96 valence electrons. The number of rotatable bonds is 5. The minimum absolute atomic E-state index is 0.292. The molecule has 2 rings (SSSR count). The van der Waals surface area contributed by atoms with Gasteiger partial charge in [-0.1, -0.05) is 18.2 Å². The molecule has 2 N–H and O–H groups in total. The number of aromatic hydroxyl groups is 1. The number of phenols is 1. The van der Waals surface area contributed by atoms with E-state index in [4.69, 9.17) is 0 Å². The highest BCUT2D eigenvalue weighted by Gasteiger charge is 2.10. The first-order chi connectivity index (χ1) is 8.65. The van der Waals surface area contributed by atoms with Crippen molar-refractivity contribution in [1.29, 1.82) is 0 Å². The van der Waals surface area contributed by atoms with Crippen molar-refractivity contribution in [3.63, 3.8) is 0 Å². The Bertz CT molecular complexity index is 464. The van der Waals surface area contributed by atoms with Crippen LogP contribution in [0.2, 0.25) is 0 Å². The lowest BCUT2D eigenvalue weighted by Crippen LogP contribution is -2.30. The third-order valence-electron chi connectivity index (χ3n) is 3.02. The lowest BCUT2D eigenvalue weighted by Gasteiger charge is -2.20. The maximum atomic E-state index is 9.27. The van der Waals surface area contributed by atoms with Crippen molar-refractivity contribution in [3.8, 4) is 5.75 Å². The van der Waals surface area contributed by atoms with Crippen LogP contribution in [0.3, 0.4) is 0 Å². The molecule has 2 nitrogen and oxygen atoms in total. The molecule has 0 amide bonds. The summed E-state index contributed by atoms with van der Waals surface area (Å²) in [5.41, 5.74) is 1.20. The van der Waals surface area contributed by atoms with Gasteiger partial charge in [-0.15, -0.1) is 11.3 Å². The molecular formula is C15H19NOS. The summed E-state index contributed by atoms with van der Waals surface area (Å²) in [4.78, 5) is 1.41. The second-order valence-corrected chi connectivity index (χ2v) is 5.70. The number of benzene rings is 1. The van der Waals surface area contributed by atoms with Crippen LogP contribution in [0.1, 0.15) is 30.3 Å². The van der Waals surface area contributed by atoms with Gasteiger partial charge in [0.2, 0.25) is 0 Å². The number of thiophene rings is 1. The average molecular weight is 261 g/mol. The lowest BCUT2D eigenvalue weighted by atomic mass is 10.1. The zero-order chi connectivity index (χ0) is 13.0. The zero-order valence-electron chi connectivity index (χ0n) is 10.8. The Morgan fingerprint density at radius 1 is 1.17 bits per heavy atom. The third-order valence-corrected chi connectivity index (χ3v) is 3.91. The van der Waals surface area contributed by atoms with Gasteiger partial charge in [-0.3, -0.25) is 0 Å². The van der Waals surface area contributed by atoms with Crippen LogP contribution < -0.4 is 5.32 Å². The van der Waals surface area contributed by atoms with Crippen LogP contribution in [-0.2, 0) is 6.42 Å². The minimum Gasteiger partial charge on any atom is -0.508 e. The first kappa shape index (κ1) is 13.1. The van der Waals surface area contributed by atoms with Crippen molar-refractivity contribution in [3.05, 3.63) is 52.2 Å². The Balaban J connectivity index is 1.90. The Kier molecular flexibility index (Phi) is 4.39. The van der Waals surface area contributed by atoms with Crippen LogP contribution in [0, 0.1) is 0 Å². The first-order valence-electron chi connectivity index (χ1n) is 6.22. The summed E-state index contributed by atoms with van der Waals surface area (Å²) < 4.78 is 0. The molecule has 0 fully saturated rings. The van der Waals surface area contributed by atoms with Crippen LogP contribution >= 0.6 is 11.3 Å². The maximum absolute atomic E-state index is 9.27. The van der Waals surface area contributed by atoms with E-state index in [9.17, 15) is 5.11 Å². The number of phenolic OH excluding ortho intramolecular Hbond substituents is 1. The molecule has 2 unspecified atom stereocenters. The van der Waals surface area contributed by atoms with Gasteiger partial charge in [-0.05, 0) is 49.4 Å². The largest absolute Gasteiger partial charge is 0.508 e. The van der Waals surface area contributed by atoms with Gasteiger partial charge in [0.15, 0.2) is 0 Å². The van der Waals surface area contributed by atoms with Gasteiger partial charge >= 0.3 is 0 Å². The normalized spacial score (nSPS) is 14.3. The van der Waals surface area contributed by atoms with E-state index in [-0.39, 0.29) is 0 Å². The van der Waals surface area contributed by atoms with Gasteiger partial charge in [0.1, 0.15) is 5.75 Å². The van der Waals surface area contributed by atoms with E-state index in [0.717, 1.165) is 6.42 Å². The molecule has 2 aromatic rings. The molecule has 0 bridgehead atoms. The summed E-state index contributed by atoms with van der Waals surface area (Å²) in [7, 11) is 0. The molecule has 1 aromatic heterocycles. The zero-order valence-corrected chi connectivity index (χ0v) is 11.6. The molecule has 3 heteroatoms. The minimum atomic E-state index is 0.292. The molecule has 1 heterocycles. The molecule has 18 heavy (non-hydrogen) atoms. The molecule has 0 spiro atoms. The fraction of sp³-hybridized carbons (Fsp3) is 0.333. The van der Waals surface area contributed by atoms with Gasteiger partial charge in [-0.2, -0.15) is 0 Å². The van der Waals surface area contributed by atoms with Crippen molar-refractivity contribution in [2.45, 2.75) is 32.4 Å². The molecule has 1 aromatic carbocycles. The number of hydrogen-bond donors (Lipinski definition) is 2. The molecule has 0 aliphatic carbocycles. The lowest BCUT2D eigenvalue weighted by molar-refractivity contribution is 0.469. The summed E-state index contributed by atoms with van der Waals surface area (Å²) in [5.74, 6) is 0.317. The van der Waals surface area contributed by atoms with Crippen molar-refractivity contribution in [2.75, 3.05) is 0 Å². The van der Waals surface area contributed by atoms with Gasteiger partial charge in [0.25, 0.3) is 0 Å². The predicted molar refractivity (Wildman–Crippen MR) is 77.1 cm³/mol. The molecule has 0 saturated heterocycles. The highest BCUT2D eigenvalue weighted by atomic mass is 32.1. The quantitative estimate of drug-likeness (QED) is 0.859. The molecule has 0 saturated carbocycles. The van der Waals surface area contributed by atoms with E-state index in [2.05, 4.69) is 36.7 Å². The fourth-order valence-electron chi connectivity index (χ4n) is 2.08. The second-order valence-electron chi connectivity index (χ2n) is 4.66. The van der Waals surface area contributed by atoms with E-state index >= 15 is 0 Å². The molecule has 0 aliphatic heterocycles. The predicted octanol–water partition coefficient (Wildman–Crippen LogP) is 3.74. The van der Waals surface area contributed by atoms with E-state index in [1.807, 2.05) is 12.1 Å². The van der Waals surface area contributed by atoms with Crippen LogP contribution in [-0.4, -0.2) is 11.1 Å². The van der Waals surface area contributed by atoms with E-state index in [0.29, 0.717) is 17.8 Å².